The Kier molecular flexibility index (Phi) is 2.55. The Labute approximate surface area is 62.1 Å². The number of furan rings is 1. The smallest absolute Gasteiger partial charge is 0.106 e. The third-order valence-electron chi connectivity index (χ3n) is 1.79. The first-order valence-corrected chi connectivity index (χ1v) is 3.71. The quantitative estimate of drug-likeness (QED) is 0.624. The first kappa shape index (κ1) is 7.39. The van der Waals surface area contributed by atoms with Crippen molar-refractivity contribution < 1.29 is 4.42 Å². The Morgan fingerprint density at radius 3 is 2.90 bits per heavy atom. The van der Waals surface area contributed by atoms with E-state index >= 15 is 0 Å². The van der Waals surface area contributed by atoms with E-state index in [9.17, 15) is 0 Å². The second kappa shape index (κ2) is 3.45. The van der Waals surface area contributed by atoms with Gasteiger partial charge in [-0.1, -0.05) is 13.8 Å². The van der Waals surface area contributed by atoms with Crippen molar-refractivity contribution in [2.75, 3.05) is 0 Å². The summed E-state index contributed by atoms with van der Waals surface area (Å²) < 4.78 is 5.24. The van der Waals surface area contributed by atoms with Crippen LogP contribution in [0.2, 0.25) is 0 Å². The highest BCUT2D eigenvalue weighted by Gasteiger charge is 2.07. The maximum Gasteiger partial charge on any atom is 0.106 e. The van der Waals surface area contributed by atoms with E-state index in [-0.39, 0.29) is 0 Å². The average Bonchev–Trinajstić information content (AvgIpc) is 2.43. The summed E-state index contributed by atoms with van der Waals surface area (Å²) in [6, 6.07) is 3.94. The molecule has 0 bridgehead atoms. The van der Waals surface area contributed by atoms with E-state index in [1.807, 2.05) is 12.1 Å². The molecule has 0 saturated heterocycles. The number of rotatable bonds is 3. The Hall–Kier alpha value is -0.720. The van der Waals surface area contributed by atoms with Gasteiger partial charge in [-0.25, -0.2) is 0 Å². The standard InChI is InChI=1S/C9H13O/c1-3-8(4-2)9-6-5-7-10-9/h5-8H,1,3-4H2,2H3. The molecule has 1 atom stereocenters. The topological polar surface area (TPSA) is 13.1 Å². The summed E-state index contributed by atoms with van der Waals surface area (Å²) in [6.45, 7) is 6.00. The summed E-state index contributed by atoms with van der Waals surface area (Å²) >= 11 is 0. The van der Waals surface area contributed by atoms with Crippen LogP contribution >= 0.6 is 0 Å². The minimum Gasteiger partial charge on any atom is -0.469 e. The number of hydrogen-bond acceptors (Lipinski definition) is 1. The molecule has 0 amide bonds. The molecule has 1 heteroatoms. The predicted octanol–water partition coefficient (Wildman–Crippen LogP) is 3.00. The molecule has 1 aromatic heterocycles. The lowest BCUT2D eigenvalue weighted by molar-refractivity contribution is 0.455. The highest BCUT2D eigenvalue weighted by Crippen LogP contribution is 2.22. The SMILES string of the molecule is [CH2]CC(CC)c1ccco1. The monoisotopic (exact) mass is 137 g/mol. The Morgan fingerprint density at radius 1 is 1.70 bits per heavy atom. The van der Waals surface area contributed by atoms with Gasteiger partial charge in [0.05, 0.1) is 6.26 Å². The third kappa shape index (κ3) is 1.41. The van der Waals surface area contributed by atoms with Gasteiger partial charge < -0.3 is 4.42 Å². The molecule has 0 aromatic carbocycles. The maximum absolute atomic E-state index is 5.24. The van der Waals surface area contributed by atoms with Crippen LogP contribution < -0.4 is 0 Å². The molecule has 0 saturated carbocycles. The van der Waals surface area contributed by atoms with Crippen molar-refractivity contribution >= 4 is 0 Å². The van der Waals surface area contributed by atoms with Crippen LogP contribution in [0.25, 0.3) is 0 Å². The van der Waals surface area contributed by atoms with Crippen LogP contribution in [0.15, 0.2) is 22.8 Å². The van der Waals surface area contributed by atoms with Crippen LogP contribution in [0.4, 0.5) is 0 Å². The van der Waals surface area contributed by atoms with Crippen LogP contribution in [0, 0.1) is 6.92 Å². The van der Waals surface area contributed by atoms with Crippen molar-refractivity contribution in [2.24, 2.45) is 0 Å². The molecule has 0 aliphatic carbocycles. The number of hydrogen-bond donors (Lipinski definition) is 0. The lowest BCUT2D eigenvalue weighted by Crippen LogP contribution is -1.91. The largest absolute Gasteiger partial charge is 0.469 e. The molecule has 55 valence electrons. The Morgan fingerprint density at radius 2 is 2.50 bits per heavy atom. The average molecular weight is 137 g/mol. The second-order valence-electron chi connectivity index (χ2n) is 2.41. The fourth-order valence-corrected chi connectivity index (χ4v) is 1.07. The molecule has 1 aromatic rings. The van der Waals surface area contributed by atoms with Crippen LogP contribution in [0.5, 0.6) is 0 Å². The van der Waals surface area contributed by atoms with E-state index in [1.54, 1.807) is 6.26 Å². The van der Waals surface area contributed by atoms with E-state index < -0.39 is 0 Å². The fourth-order valence-electron chi connectivity index (χ4n) is 1.07. The van der Waals surface area contributed by atoms with Crippen LogP contribution in [-0.2, 0) is 0 Å². The molecule has 1 heterocycles. The van der Waals surface area contributed by atoms with Gasteiger partial charge in [0.2, 0.25) is 0 Å². The molecule has 1 radical (unpaired) electrons. The van der Waals surface area contributed by atoms with Crippen molar-refractivity contribution in [2.45, 2.75) is 25.7 Å². The molecule has 0 spiro atoms. The molecule has 1 nitrogen and oxygen atoms in total. The third-order valence-corrected chi connectivity index (χ3v) is 1.79. The molecule has 0 aliphatic heterocycles. The van der Waals surface area contributed by atoms with Crippen molar-refractivity contribution in [3.8, 4) is 0 Å². The van der Waals surface area contributed by atoms with Gasteiger partial charge in [-0.15, -0.1) is 0 Å². The zero-order valence-electron chi connectivity index (χ0n) is 6.34. The summed E-state index contributed by atoms with van der Waals surface area (Å²) in [5.41, 5.74) is 0. The molecule has 1 rings (SSSR count). The van der Waals surface area contributed by atoms with Crippen molar-refractivity contribution in [1.82, 2.24) is 0 Å². The Balaban J connectivity index is 2.64. The van der Waals surface area contributed by atoms with Crippen LogP contribution in [0.1, 0.15) is 31.4 Å². The molecule has 1 unspecified atom stereocenters. The molecule has 10 heavy (non-hydrogen) atoms. The van der Waals surface area contributed by atoms with Gasteiger partial charge in [0, 0.05) is 5.92 Å². The zero-order valence-corrected chi connectivity index (χ0v) is 6.34. The van der Waals surface area contributed by atoms with E-state index in [4.69, 9.17) is 4.42 Å². The van der Waals surface area contributed by atoms with Gasteiger partial charge >= 0.3 is 0 Å². The lowest BCUT2D eigenvalue weighted by atomic mass is 10.0. The van der Waals surface area contributed by atoms with E-state index in [2.05, 4.69) is 13.8 Å². The van der Waals surface area contributed by atoms with Crippen LogP contribution in [-0.4, -0.2) is 0 Å². The normalized spacial score (nSPS) is 10.7. The van der Waals surface area contributed by atoms with E-state index in [0.29, 0.717) is 5.92 Å². The van der Waals surface area contributed by atoms with E-state index in [0.717, 1.165) is 18.6 Å². The molecule has 0 N–H and O–H groups in total. The van der Waals surface area contributed by atoms with Gasteiger partial charge in [-0.05, 0) is 25.0 Å². The molecular weight excluding hydrogens is 124 g/mol. The summed E-state index contributed by atoms with van der Waals surface area (Å²) in [6.07, 6.45) is 3.74. The first-order chi connectivity index (χ1) is 4.88. The molecule has 0 fully saturated rings. The van der Waals surface area contributed by atoms with Crippen molar-refractivity contribution in [3.05, 3.63) is 31.1 Å². The van der Waals surface area contributed by atoms with Gasteiger partial charge in [0.25, 0.3) is 0 Å². The predicted molar refractivity (Wildman–Crippen MR) is 41.7 cm³/mol. The summed E-state index contributed by atoms with van der Waals surface area (Å²) in [5.74, 6) is 1.58. The highest BCUT2D eigenvalue weighted by atomic mass is 16.3. The zero-order chi connectivity index (χ0) is 7.40. The molecule has 0 aliphatic rings. The van der Waals surface area contributed by atoms with Gasteiger partial charge in [0.1, 0.15) is 5.76 Å². The maximum atomic E-state index is 5.24. The highest BCUT2D eigenvalue weighted by molar-refractivity contribution is 5.04. The second-order valence-corrected chi connectivity index (χ2v) is 2.41. The van der Waals surface area contributed by atoms with Crippen LogP contribution in [0.3, 0.4) is 0 Å². The van der Waals surface area contributed by atoms with E-state index in [1.165, 1.54) is 0 Å². The summed E-state index contributed by atoms with van der Waals surface area (Å²) in [5, 5.41) is 0. The van der Waals surface area contributed by atoms with Crippen molar-refractivity contribution in [1.29, 1.82) is 0 Å². The van der Waals surface area contributed by atoms with Gasteiger partial charge in [-0.3, -0.25) is 0 Å². The summed E-state index contributed by atoms with van der Waals surface area (Å²) in [7, 11) is 0. The first-order valence-electron chi connectivity index (χ1n) is 3.71. The lowest BCUT2D eigenvalue weighted by Gasteiger charge is -2.06. The summed E-state index contributed by atoms with van der Waals surface area (Å²) in [4.78, 5) is 0. The minimum absolute atomic E-state index is 0.509. The minimum atomic E-state index is 0.509. The molecular formula is C9H13O. The Bertz CT molecular complexity index is 161. The van der Waals surface area contributed by atoms with Crippen molar-refractivity contribution in [3.63, 3.8) is 0 Å². The fraction of sp³-hybridized carbons (Fsp3) is 0.444. The van der Waals surface area contributed by atoms with Gasteiger partial charge in [0.15, 0.2) is 0 Å². The van der Waals surface area contributed by atoms with Gasteiger partial charge in [-0.2, -0.15) is 0 Å².